The van der Waals surface area contributed by atoms with Crippen molar-refractivity contribution in [2.75, 3.05) is 33.6 Å². The van der Waals surface area contributed by atoms with E-state index in [1.165, 1.54) is 18.9 Å². The second kappa shape index (κ2) is 8.73. The number of carbonyl (C=O) groups is 2. The average molecular weight is 397 g/mol. The van der Waals surface area contributed by atoms with Crippen LogP contribution in [-0.2, 0) is 14.3 Å². The monoisotopic (exact) mass is 397 g/mol. The second-order valence-electron chi connectivity index (χ2n) is 7.01. The van der Waals surface area contributed by atoms with E-state index in [1.807, 2.05) is 26.8 Å². The topological polar surface area (TPSA) is 74.3 Å². The molecule has 0 bridgehead atoms. The molecule has 1 aliphatic heterocycles. The number of thioether (sulfide) groups is 1. The molecule has 1 atom stereocenters. The summed E-state index contributed by atoms with van der Waals surface area (Å²) in [5, 5.41) is -0.269. The first-order chi connectivity index (χ1) is 12.7. The van der Waals surface area contributed by atoms with Gasteiger partial charge in [0.05, 0.1) is 33.5 Å². The molecule has 1 amide bonds. The number of hydrogen-bond donors (Lipinski definition) is 0. The van der Waals surface area contributed by atoms with E-state index in [9.17, 15) is 9.59 Å². The van der Waals surface area contributed by atoms with E-state index in [4.69, 9.17) is 18.9 Å². The molecule has 1 aromatic rings. The average Bonchev–Trinajstić information content (AvgIpc) is 2.97. The lowest BCUT2D eigenvalue weighted by Gasteiger charge is -2.27. The van der Waals surface area contributed by atoms with Crippen LogP contribution in [0.5, 0.6) is 17.2 Å². The molecule has 0 N–H and O–H groups in total. The summed E-state index contributed by atoms with van der Waals surface area (Å²) in [6.07, 6.45) is 0.135. The van der Waals surface area contributed by atoms with Crippen LogP contribution in [0, 0.1) is 0 Å². The van der Waals surface area contributed by atoms with E-state index in [-0.39, 0.29) is 30.2 Å². The summed E-state index contributed by atoms with van der Waals surface area (Å²) in [4.78, 5) is 26.1. The van der Waals surface area contributed by atoms with Crippen LogP contribution in [0.2, 0.25) is 0 Å². The van der Waals surface area contributed by atoms with Crippen molar-refractivity contribution in [2.45, 2.75) is 38.2 Å². The van der Waals surface area contributed by atoms with E-state index < -0.39 is 5.60 Å². The van der Waals surface area contributed by atoms with Crippen LogP contribution in [0.1, 0.15) is 38.1 Å². The first-order valence-corrected chi connectivity index (χ1v) is 9.68. The van der Waals surface area contributed by atoms with E-state index in [0.717, 1.165) is 5.56 Å². The number of nitrogens with zero attached hydrogens (tertiary/aromatic N) is 1. The lowest BCUT2D eigenvalue weighted by Crippen LogP contribution is -2.32. The fourth-order valence-corrected chi connectivity index (χ4v) is 4.11. The number of hydrogen-bond acceptors (Lipinski definition) is 7. The van der Waals surface area contributed by atoms with E-state index >= 15 is 0 Å². The molecule has 1 aliphatic rings. The molecule has 150 valence electrons. The quantitative estimate of drug-likeness (QED) is 0.655. The lowest BCUT2D eigenvalue weighted by atomic mass is 10.1. The summed E-state index contributed by atoms with van der Waals surface area (Å²) in [5.41, 5.74) is 0.252. The third-order valence-electron chi connectivity index (χ3n) is 3.95. The molecule has 1 saturated heterocycles. The predicted molar refractivity (Wildman–Crippen MR) is 103 cm³/mol. The van der Waals surface area contributed by atoms with E-state index in [2.05, 4.69) is 0 Å². The molecule has 1 heterocycles. The van der Waals surface area contributed by atoms with Crippen molar-refractivity contribution in [1.29, 1.82) is 0 Å². The fraction of sp³-hybridized carbons (Fsp3) is 0.579. The molecule has 7 nitrogen and oxygen atoms in total. The molecule has 0 radical (unpaired) electrons. The van der Waals surface area contributed by atoms with Crippen LogP contribution in [0.3, 0.4) is 0 Å². The Labute approximate surface area is 164 Å². The van der Waals surface area contributed by atoms with Crippen molar-refractivity contribution in [3.05, 3.63) is 17.7 Å². The highest BCUT2D eigenvalue weighted by Crippen LogP contribution is 2.48. The SMILES string of the molecule is COc1ccc(C2SCC(=O)N2CCC(=O)OC(C)(C)C)c(OC)c1OC. The minimum atomic E-state index is -0.549. The van der Waals surface area contributed by atoms with Crippen LogP contribution in [0.4, 0.5) is 0 Å². The minimum absolute atomic E-state index is 0.0228. The summed E-state index contributed by atoms with van der Waals surface area (Å²) in [6.45, 7) is 5.74. The molecule has 0 spiro atoms. The van der Waals surface area contributed by atoms with Gasteiger partial charge in [0.1, 0.15) is 11.0 Å². The van der Waals surface area contributed by atoms with Crippen molar-refractivity contribution < 1.29 is 28.5 Å². The summed E-state index contributed by atoms with van der Waals surface area (Å²) >= 11 is 1.49. The second-order valence-corrected chi connectivity index (χ2v) is 8.08. The highest BCUT2D eigenvalue weighted by molar-refractivity contribution is 8.00. The number of benzene rings is 1. The molecule has 27 heavy (non-hydrogen) atoms. The zero-order chi connectivity index (χ0) is 20.2. The van der Waals surface area contributed by atoms with Gasteiger partial charge in [0.15, 0.2) is 11.5 Å². The summed E-state index contributed by atoms with van der Waals surface area (Å²) in [5.74, 6) is 1.54. The Balaban J connectivity index is 2.24. The fourth-order valence-electron chi connectivity index (χ4n) is 2.88. The highest BCUT2D eigenvalue weighted by atomic mass is 32.2. The van der Waals surface area contributed by atoms with Gasteiger partial charge in [-0.25, -0.2) is 0 Å². The molecule has 2 rings (SSSR count). The van der Waals surface area contributed by atoms with Crippen LogP contribution in [0.25, 0.3) is 0 Å². The number of ether oxygens (including phenoxy) is 4. The first-order valence-electron chi connectivity index (χ1n) is 8.63. The van der Waals surface area contributed by atoms with Crippen molar-refractivity contribution in [2.24, 2.45) is 0 Å². The van der Waals surface area contributed by atoms with Gasteiger partial charge in [0.25, 0.3) is 0 Å². The third kappa shape index (κ3) is 5.00. The molecule has 0 aliphatic carbocycles. The van der Waals surface area contributed by atoms with E-state index in [0.29, 0.717) is 23.0 Å². The molecule has 0 aromatic heterocycles. The van der Waals surface area contributed by atoms with Gasteiger partial charge in [0.2, 0.25) is 11.7 Å². The largest absolute Gasteiger partial charge is 0.493 e. The Kier molecular flexibility index (Phi) is 6.86. The van der Waals surface area contributed by atoms with Crippen LogP contribution < -0.4 is 14.2 Å². The van der Waals surface area contributed by atoms with Gasteiger partial charge in [-0.1, -0.05) is 0 Å². The molecule has 0 saturated carbocycles. The number of rotatable bonds is 7. The van der Waals surface area contributed by atoms with Crippen molar-refractivity contribution in [1.82, 2.24) is 4.90 Å². The molecular weight excluding hydrogens is 370 g/mol. The summed E-state index contributed by atoms with van der Waals surface area (Å²) < 4.78 is 21.6. The smallest absolute Gasteiger partial charge is 0.308 e. The standard InChI is InChI=1S/C19H27NO6S/c1-19(2,3)26-15(22)9-10-20-14(21)11-27-18(20)12-7-8-13(23-4)17(25-6)16(12)24-5/h7-8,18H,9-11H2,1-6H3. The maximum Gasteiger partial charge on any atom is 0.308 e. The number of amides is 1. The summed E-state index contributed by atoms with van der Waals surface area (Å²) in [7, 11) is 4.64. The van der Waals surface area contributed by atoms with Gasteiger partial charge < -0.3 is 23.8 Å². The van der Waals surface area contributed by atoms with Crippen LogP contribution in [0.15, 0.2) is 12.1 Å². The van der Waals surface area contributed by atoms with Gasteiger partial charge in [-0.05, 0) is 32.9 Å². The zero-order valence-corrected chi connectivity index (χ0v) is 17.5. The van der Waals surface area contributed by atoms with Gasteiger partial charge in [-0.3, -0.25) is 9.59 Å². The maximum absolute atomic E-state index is 12.4. The Bertz CT molecular complexity index is 700. The minimum Gasteiger partial charge on any atom is -0.493 e. The normalized spacial score (nSPS) is 17.0. The summed E-state index contributed by atoms with van der Waals surface area (Å²) in [6, 6.07) is 3.64. The Morgan fingerprint density at radius 1 is 1.15 bits per heavy atom. The van der Waals surface area contributed by atoms with Crippen LogP contribution >= 0.6 is 11.8 Å². The number of methoxy groups -OCH3 is 3. The molecule has 8 heteroatoms. The highest BCUT2D eigenvalue weighted by Gasteiger charge is 2.36. The van der Waals surface area contributed by atoms with E-state index in [1.54, 1.807) is 25.2 Å². The lowest BCUT2D eigenvalue weighted by molar-refractivity contribution is -0.155. The number of carbonyl (C=O) groups excluding carboxylic acids is 2. The first kappa shape index (κ1) is 21.2. The molecule has 1 unspecified atom stereocenters. The van der Waals surface area contributed by atoms with Crippen molar-refractivity contribution in [3.63, 3.8) is 0 Å². The Morgan fingerprint density at radius 2 is 1.81 bits per heavy atom. The maximum atomic E-state index is 12.4. The number of esters is 1. The molecular formula is C19H27NO6S. The van der Waals surface area contributed by atoms with Crippen molar-refractivity contribution >= 4 is 23.6 Å². The Morgan fingerprint density at radius 3 is 2.37 bits per heavy atom. The third-order valence-corrected chi connectivity index (χ3v) is 5.18. The molecule has 1 aromatic carbocycles. The zero-order valence-electron chi connectivity index (χ0n) is 16.7. The van der Waals surface area contributed by atoms with Crippen molar-refractivity contribution in [3.8, 4) is 17.2 Å². The van der Waals surface area contributed by atoms with Gasteiger partial charge in [-0.15, -0.1) is 11.8 Å². The predicted octanol–water partition coefficient (Wildman–Crippen LogP) is 3.02. The van der Waals surface area contributed by atoms with Gasteiger partial charge in [0, 0.05) is 12.1 Å². The van der Waals surface area contributed by atoms with Gasteiger partial charge in [-0.2, -0.15) is 0 Å². The molecule has 1 fully saturated rings. The van der Waals surface area contributed by atoms with Gasteiger partial charge >= 0.3 is 5.97 Å². The van der Waals surface area contributed by atoms with Crippen LogP contribution in [-0.4, -0.2) is 56.0 Å². The Hall–Kier alpha value is -2.09.